The quantitative estimate of drug-likeness (QED) is 0.315. The summed E-state index contributed by atoms with van der Waals surface area (Å²) in [4.78, 5) is 32.7. The van der Waals surface area contributed by atoms with E-state index in [0.717, 1.165) is 17.0 Å². The molecule has 0 spiro atoms. The minimum absolute atomic E-state index is 0.180. The molecule has 0 N–H and O–H groups in total. The molecule has 2 aliphatic heterocycles. The van der Waals surface area contributed by atoms with Gasteiger partial charge in [0.05, 0.1) is 21.8 Å². The van der Waals surface area contributed by atoms with E-state index in [0.29, 0.717) is 48.0 Å². The summed E-state index contributed by atoms with van der Waals surface area (Å²) >= 11 is 1.22. The number of fused-ring (bicyclic) bond motifs is 1. The van der Waals surface area contributed by atoms with Crippen molar-refractivity contribution in [3.63, 3.8) is 0 Å². The van der Waals surface area contributed by atoms with E-state index in [2.05, 4.69) is 0 Å². The molecule has 1 fully saturated rings. The van der Waals surface area contributed by atoms with Crippen LogP contribution in [0.1, 0.15) is 11.1 Å². The average molecular weight is 542 g/mol. The molecule has 0 bridgehead atoms. The van der Waals surface area contributed by atoms with Crippen LogP contribution in [0, 0.1) is 5.82 Å². The highest BCUT2D eigenvalue weighted by Gasteiger charge is 2.33. The first-order chi connectivity index (χ1) is 18.2. The van der Waals surface area contributed by atoms with Gasteiger partial charge in [0.15, 0.2) is 0 Å². The van der Waals surface area contributed by atoms with Gasteiger partial charge >= 0.3 is 6.18 Å². The van der Waals surface area contributed by atoms with Gasteiger partial charge in [0.25, 0.3) is 5.91 Å². The summed E-state index contributed by atoms with van der Waals surface area (Å²) in [7, 11) is 0. The van der Waals surface area contributed by atoms with Crippen LogP contribution in [-0.2, 0) is 15.8 Å². The van der Waals surface area contributed by atoms with E-state index >= 15 is 0 Å². The first-order valence-electron chi connectivity index (χ1n) is 12.0. The number of carbonyl (C=O) groups excluding carboxylic acids is 2. The van der Waals surface area contributed by atoms with Crippen molar-refractivity contribution in [2.24, 2.45) is 0 Å². The zero-order valence-corrected chi connectivity index (χ0v) is 20.9. The fraction of sp³-hybridized carbons (Fsp3) is 0.214. The second-order valence-corrected chi connectivity index (χ2v) is 9.99. The predicted molar refractivity (Wildman–Crippen MR) is 139 cm³/mol. The summed E-state index contributed by atoms with van der Waals surface area (Å²) in [6, 6.07) is 18.3. The normalized spacial score (nSPS) is 17.1. The number of alkyl halides is 3. The Morgan fingerprint density at radius 2 is 1.50 bits per heavy atom. The summed E-state index contributed by atoms with van der Waals surface area (Å²) in [6.45, 7) is 1.53. The molecule has 196 valence electrons. The van der Waals surface area contributed by atoms with Gasteiger partial charge in [0.2, 0.25) is 5.91 Å². The molecule has 1 saturated heterocycles. The topological polar surface area (TPSA) is 43.9 Å². The minimum Gasteiger partial charge on any atom is -0.366 e. The number of thioether (sulfide) groups is 1. The van der Waals surface area contributed by atoms with Crippen molar-refractivity contribution < 1.29 is 27.2 Å². The number of halogens is 4. The Labute approximate surface area is 221 Å². The molecule has 2 heterocycles. The SMILES string of the molecule is O=C(CN1C(=O)C(=Cc2ccc(C(F)(F)F)cc2)Sc2ccccc21)N1CCN(c2ccccc2F)CC1. The number of rotatable bonds is 4. The third kappa shape index (κ3) is 5.40. The predicted octanol–water partition coefficient (Wildman–Crippen LogP) is 5.67. The van der Waals surface area contributed by atoms with Gasteiger partial charge in [-0.3, -0.25) is 14.5 Å². The van der Waals surface area contributed by atoms with Crippen LogP contribution in [0.15, 0.2) is 82.6 Å². The van der Waals surface area contributed by atoms with Gasteiger partial charge in [-0.05, 0) is 48.0 Å². The Hall–Kier alpha value is -3.79. The number of anilines is 2. The molecule has 2 aliphatic rings. The zero-order valence-electron chi connectivity index (χ0n) is 20.1. The first kappa shape index (κ1) is 25.8. The van der Waals surface area contributed by atoms with E-state index in [1.54, 1.807) is 35.2 Å². The molecule has 38 heavy (non-hydrogen) atoms. The molecule has 0 radical (unpaired) electrons. The highest BCUT2D eigenvalue weighted by Crippen LogP contribution is 2.42. The second kappa shape index (κ2) is 10.5. The van der Waals surface area contributed by atoms with Crippen LogP contribution in [0.5, 0.6) is 0 Å². The summed E-state index contributed by atoms with van der Waals surface area (Å²) in [5.74, 6) is -0.943. The van der Waals surface area contributed by atoms with Gasteiger partial charge in [0.1, 0.15) is 12.4 Å². The number of amides is 2. The van der Waals surface area contributed by atoms with Gasteiger partial charge in [-0.15, -0.1) is 0 Å². The van der Waals surface area contributed by atoms with Crippen molar-refractivity contribution in [1.82, 2.24) is 4.90 Å². The largest absolute Gasteiger partial charge is 0.416 e. The maximum atomic E-state index is 14.2. The van der Waals surface area contributed by atoms with Crippen LogP contribution in [0.4, 0.5) is 28.9 Å². The molecule has 0 aromatic heterocycles. The Bertz CT molecular complexity index is 1380. The number of piperazine rings is 1. The Kier molecular flexibility index (Phi) is 7.16. The third-order valence-corrected chi connectivity index (χ3v) is 7.56. The molecule has 2 amide bonds. The van der Waals surface area contributed by atoms with E-state index in [-0.39, 0.29) is 18.3 Å². The van der Waals surface area contributed by atoms with Gasteiger partial charge < -0.3 is 9.80 Å². The molecular weight excluding hydrogens is 518 g/mol. The first-order valence-corrected chi connectivity index (χ1v) is 12.8. The maximum absolute atomic E-state index is 14.2. The molecule has 10 heteroatoms. The van der Waals surface area contributed by atoms with Crippen molar-refractivity contribution in [3.05, 3.63) is 94.6 Å². The highest BCUT2D eigenvalue weighted by atomic mass is 32.2. The Balaban J connectivity index is 1.32. The van der Waals surface area contributed by atoms with E-state index in [1.165, 1.54) is 40.9 Å². The van der Waals surface area contributed by atoms with E-state index in [4.69, 9.17) is 0 Å². The van der Waals surface area contributed by atoms with Crippen molar-refractivity contribution in [1.29, 1.82) is 0 Å². The molecule has 0 unspecified atom stereocenters. The van der Waals surface area contributed by atoms with Crippen molar-refractivity contribution in [2.75, 3.05) is 42.5 Å². The lowest BCUT2D eigenvalue weighted by Gasteiger charge is -2.37. The minimum atomic E-state index is -4.45. The van der Waals surface area contributed by atoms with Crippen molar-refractivity contribution in [2.45, 2.75) is 11.1 Å². The molecular formula is C28H23F4N3O2S. The monoisotopic (exact) mass is 541 g/mol. The number of hydrogen-bond acceptors (Lipinski definition) is 4. The van der Waals surface area contributed by atoms with E-state index < -0.39 is 17.6 Å². The number of para-hydroxylation sites is 2. The molecule has 3 aromatic rings. The second-order valence-electron chi connectivity index (χ2n) is 8.91. The lowest BCUT2D eigenvalue weighted by atomic mass is 10.1. The standard InChI is InChI=1S/C28H23F4N3O2S/c29-21-5-1-2-6-22(21)33-13-15-34(16-14-33)26(36)18-35-23-7-3-4-8-24(23)38-25(27(35)37)17-19-9-11-20(12-10-19)28(30,31)32/h1-12,17H,13-16,18H2. The molecule has 0 saturated carbocycles. The van der Waals surface area contributed by atoms with Crippen LogP contribution < -0.4 is 9.80 Å². The maximum Gasteiger partial charge on any atom is 0.416 e. The van der Waals surface area contributed by atoms with Crippen LogP contribution in [-0.4, -0.2) is 49.4 Å². The fourth-order valence-electron chi connectivity index (χ4n) is 4.48. The summed E-state index contributed by atoms with van der Waals surface area (Å²) in [6.07, 6.45) is -2.91. The highest BCUT2D eigenvalue weighted by molar-refractivity contribution is 8.04. The van der Waals surface area contributed by atoms with Gasteiger partial charge in [0, 0.05) is 31.1 Å². The average Bonchev–Trinajstić information content (AvgIpc) is 2.91. The Morgan fingerprint density at radius 3 is 2.16 bits per heavy atom. The molecule has 0 atom stereocenters. The lowest BCUT2D eigenvalue weighted by molar-refractivity contribution is -0.137. The Morgan fingerprint density at radius 1 is 0.868 bits per heavy atom. The van der Waals surface area contributed by atoms with E-state index in [9.17, 15) is 27.2 Å². The summed E-state index contributed by atoms with van der Waals surface area (Å²) < 4.78 is 52.9. The molecule has 5 nitrogen and oxygen atoms in total. The molecule has 3 aromatic carbocycles. The smallest absolute Gasteiger partial charge is 0.366 e. The van der Waals surface area contributed by atoms with E-state index in [1.807, 2.05) is 17.0 Å². The van der Waals surface area contributed by atoms with Gasteiger partial charge in [-0.25, -0.2) is 4.39 Å². The van der Waals surface area contributed by atoms with Crippen LogP contribution in [0.25, 0.3) is 6.08 Å². The van der Waals surface area contributed by atoms with Gasteiger partial charge in [-0.2, -0.15) is 13.2 Å². The summed E-state index contributed by atoms with van der Waals surface area (Å²) in [5.41, 5.74) is 0.777. The van der Waals surface area contributed by atoms with Crippen LogP contribution in [0.2, 0.25) is 0 Å². The van der Waals surface area contributed by atoms with Crippen molar-refractivity contribution >= 4 is 41.0 Å². The fourth-order valence-corrected chi connectivity index (χ4v) is 5.54. The molecule has 0 aliphatic carbocycles. The number of benzene rings is 3. The van der Waals surface area contributed by atoms with Crippen molar-refractivity contribution in [3.8, 4) is 0 Å². The number of hydrogen-bond donors (Lipinski definition) is 0. The number of carbonyl (C=O) groups is 2. The summed E-state index contributed by atoms with van der Waals surface area (Å²) in [5, 5.41) is 0. The van der Waals surface area contributed by atoms with Gasteiger partial charge in [-0.1, -0.05) is 48.2 Å². The molecule has 5 rings (SSSR count). The zero-order chi connectivity index (χ0) is 26.9. The third-order valence-electron chi connectivity index (χ3n) is 6.49. The van der Waals surface area contributed by atoms with Crippen LogP contribution in [0.3, 0.4) is 0 Å². The lowest BCUT2D eigenvalue weighted by Crippen LogP contribution is -2.52. The number of nitrogens with zero attached hydrogens (tertiary/aromatic N) is 3. The van der Waals surface area contributed by atoms with Crippen LogP contribution >= 0.6 is 11.8 Å².